The van der Waals surface area contributed by atoms with Gasteiger partial charge in [-0.05, 0) is 44.2 Å². The Morgan fingerprint density at radius 2 is 1.81 bits per heavy atom. The van der Waals surface area contributed by atoms with Crippen molar-refractivity contribution < 1.29 is 23.8 Å². The number of nitrogens with zero attached hydrogens (tertiary/aromatic N) is 1. The van der Waals surface area contributed by atoms with Gasteiger partial charge in [-0.3, -0.25) is 4.79 Å². The van der Waals surface area contributed by atoms with Crippen LogP contribution in [0, 0.1) is 18.8 Å². The van der Waals surface area contributed by atoms with Crippen molar-refractivity contribution in [3.05, 3.63) is 65.9 Å². The van der Waals surface area contributed by atoms with Crippen LogP contribution in [0.5, 0.6) is 0 Å². The molecular weight excluding hydrogens is 456 g/mol. The average molecular weight is 491 g/mol. The highest BCUT2D eigenvalue weighted by Gasteiger charge is 2.32. The van der Waals surface area contributed by atoms with Crippen LogP contribution < -0.4 is 5.32 Å². The number of oxazole rings is 1. The molecule has 0 saturated heterocycles. The molecule has 1 fully saturated rings. The second kappa shape index (κ2) is 11.5. The van der Waals surface area contributed by atoms with Gasteiger partial charge in [0, 0.05) is 17.0 Å². The summed E-state index contributed by atoms with van der Waals surface area (Å²) in [6.07, 6.45) is 2.87. The largest absolute Gasteiger partial charge is 0.480 e. The van der Waals surface area contributed by atoms with Gasteiger partial charge < -0.3 is 19.6 Å². The van der Waals surface area contributed by atoms with Crippen LogP contribution in [0.1, 0.15) is 50.8 Å². The summed E-state index contributed by atoms with van der Waals surface area (Å²) in [5, 5.41) is 12.1. The van der Waals surface area contributed by atoms with Crippen LogP contribution in [0.3, 0.4) is 0 Å². The van der Waals surface area contributed by atoms with Gasteiger partial charge in [0.25, 0.3) is 0 Å². The lowest BCUT2D eigenvalue weighted by Crippen LogP contribution is -2.47. The van der Waals surface area contributed by atoms with Crippen molar-refractivity contribution in [3.63, 3.8) is 0 Å². The number of aliphatic carboxylic acids is 1. The number of nitrogens with one attached hydrogen (secondary N) is 1. The standard InChI is InChI=1S/C29H34N2O5/c1-18(2)25(29(33)34)31-27(32)22-10-7-11-23(16-22)35-17-24-26(20-8-5-4-6-9-20)36-28(30-24)21-14-12-19(3)13-15-21/h4-6,8-9,12-15,18,22-23,25H,7,10-11,16-17H2,1-3H3,(H,31,32)(H,33,34)/t22?,23?,25-/m0/s1. The fourth-order valence-corrected chi connectivity index (χ4v) is 4.60. The second-order valence-corrected chi connectivity index (χ2v) is 9.89. The van der Waals surface area contributed by atoms with Crippen molar-refractivity contribution in [3.8, 4) is 22.8 Å². The first-order chi connectivity index (χ1) is 17.3. The summed E-state index contributed by atoms with van der Waals surface area (Å²) in [7, 11) is 0. The molecule has 0 spiro atoms. The van der Waals surface area contributed by atoms with Crippen LogP contribution in [-0.2, 0) is 20.9 Å². The Balaban J connectivity index is 1.46. The molecule has 7 heteroatoms. The zero-order chi connectivity index (χ0) is 25.7. The third-order valence-electron chi connectivity index (χ3n) is 6.71. The Bertz CT molecular complexity index is 1170. The maximum absolute atomic E-state index is 12.8. The molecule has 1 heterocycles. The summed E-state index contributed by atoms with van der Waals surface area (Å²) in [4.78, 5) is 29.1. The molecule has 4 rings (SSSR count). The van der Waals surface area contributed by atoms with Gasteiger partial charge in [0.15, 0.2) is 5.76 Å². The van der Waals surface area contributed by atoms with E-state index in [1.54, 1.807) is 13.8 Å². The fraction of sp³-hybridized carbons (Fsp3) is 0.414. The molecular formula is C29H34N2O5. The van der Waals surface area contributed by atoms with Crippen molar-refractivity contribution in [2.75, 3.05) is 0 Å². The van der Waals surface area contributed by atoms with Gasteiger partial charge >= 0.3 is 5.97 Å². The number of ether oxygens (including phenoxy) is 1. The van der Waals surface area contributed by atoms with E-state index in [0.717, 1.165) is 36.0 Å². The van der Waals surface area contributed by atoms with E-state index < -0.39 is 12.0 Å². The van der Waals surface area contributed by atoms with E-state index in [1.807, 2.05) is 61.5 Å². The number of aryl methyl sites for hydroxylation is 1. The molecule has 1 aliphatic carbocycles. The van der Waals surface area contributed by atoms with E-state index in [9.17, 15) is 14.7 Å². The van der Waals surface area contributed by atoms with Crippen LogP contribution in [-0.4, -0.2) is 34.1 Å². The molecule has 1 saturated carbocycles. The lowest BCUT2D eigenvalue weighted by Gasteiger charge is -2.29. The monoisotopic (exact) mass is 490 g/mol. The minimum absolute atomic E-state index is 0.111. The predicted octanol–water partition coefficient (Wildman–Crippen LogP) is 5.62. The predicted molar refractivity (Wildman–Crippen MR) is 137 cm³/mol. The summed E-state index contributed by atoms with van der Waals surface area (Å²) in [5.41, 5.74) is 3.71. The Morgan fingerprint density at radius 1 is 1.08 bits per heavy atom. The average Bonchev–Trinajstić information content (AvgIpc) is 3.31. The number of aromatic nitrogens is 1. The van der Waals surface area contributed by atoms with Crippen LogP contribution >= 0.6 is 0 Å². The summed E-state index contributed by atoms with van der Waals surface area (Å²) >= 11 is 0. The quantitative estimate of drug-likeness (QED) is 0.404. The van der Waals surface area contributed by atoms with E-state index >= 15 is 0 Å². The zero-order valence-electron chi connectivity index (χ0n) is 21.1. The molecule has 0 radical (unpaired) electrons. The first kappa shape index (κ1) is 25.6. The van der Waals surface area contributed by atoms with E-state index in [4.69, 9.17) is 14.1 Å². The van der Waals surface area contributed by atoms with Crippen molar-refractivity contribution in [2.45, 2.75) is 65.2 Å². The molecule has 0 aliphatic heterocycles. The zero-order valence-corrected chi connectivity index (χ0v) is 21.1. The van der Waals surface area contributed by atoms with Gasteiger partial charge in [0.1, 0.15) is 11.7 Å². The van der Waals surface area contributed by atoms with Crippen molar-refractivity contribution >= 4 is 11.9 Å². The van der Waals surface area contributed by atoms with E-state index in [2.05, 4.69) is 5.32 Å². The molecule has 190 valence electrons. The van der Waals surface area contributed by atoms with Crippen molar-refractivity contribution in [1.82, 2.24) is 10.3 Å². The smallest absolute Gasteiger partial charge is 0.326 e. The number of rotatable bonds is 9. The van der Waals surface area contributed by atoms with Crippen LogP contribution in [0.25, 0.3) is 22.8 Å². The Hall–Kier alpha value is -3.45. The molecule has 1 aliphatic rings. The van der Waals surface area contributed by atoms with E-state index in [0.29, 0.717) is 23.8 Å². The number of hydrogen-bond acceptors (Lipinski definition) is 5. The van der Waals surface area contributed by atoms with E-state index in [-0.39, 0.29) is 30.5 Å². The highest BCUT2D eigenvalue weighted by molar-refractivity contribution is 5.85. The lowest BCUT2D eigenvalue weighted by molar-refractivity contribution is -0.144. The molecule has 3 atom stereocenters. The number of carbonyl (C=O) groups is 2. The molecule has 7 nitrogen and oxygen atoms in total. The normalized spacial score (nSPS) is 18.7. The summed E-state index contributed by atoms with van der Waals surface area (Å²) in [6.45, 7) is 5.89. The maximum Gasteiger partial charge on any atom is 0.326 e. The minimum atomic E-state index is -1.01. The second-order valence-electron chi connectivity index (χ2n) is 9.89. The minimum Gasteiger partial charge on any atom is -0.480 e. The van der Waals surface area contributed by atoms with Gasteiger partial charge in [-0.2, -0.15) is 0 Å². The molecule has 1 aromatic heterocycles. The highest BCUT2D eigenvalue weighted by atomic mass is 16.5. The third kappa shape index (κ3) is 6.21. The van der Waals surface area contributed by atoms with Gasteiger partial charge in [-0.1, -0.05) is 68.3 Å². The van der Waals surface area contributed by atoms with Gasteiger partial charge in [-0.25, -0.2) is 9.78 Å². The summed E-state index contributed by atoms with van der Waals surface area (Å²) < 4.78 is 12.5. The highest BCUT2D eigenvalue weighted by Crippen LogP contribution is 2.32. The lowest BCUT2D eigenvalue weighted by atomic mass is 9.86. The molecule has 2 N–H and O–H groups in total. The van der Waals surface area contributed by atoms with Gasteiger partial charge in [0.05, 0.1) is 12.7 Å². The van der Waals surface area contributed by atoms with Gasteiger partial charge in [0.2, 0.25) is 11.8 Å². The van der Waals surface area contributed by atoms with Crippen LogP contribution in [0.4, 0.5) is 0 Å². The SMILES string of the molecule is Cc1ccc(-c2nc(COC3CCCC(C(=O)N[C@H](C(=O)O)C(C)C)C3)c(-c3ccccc3)o2)cc1. The fourth-order valence-electron chi connectivity index (χ4n) is 4.60. The maximum atomic E-state index is 12.8. The molecule has 2 aromatic carbocycles. The number of carbonyl (C=O) groups excluding carboxylic acids is 1. The van der Waals surface area contributed by atoms with Gasteiger partial charge in [-0.15, -0.1) is 0 Å². The first-order valence-corrected chi connectivity index (χ1v) is 12.6. The first-order valence-electron chi connectivity index (χ1n) is 12.6. The number of amides is 1. The van der Waals surface area contributed by atoms with Crippen molar-refractivity contribution in [1.29, 1.82) is 0 Å². The summed E-state index contributed by atoms with van der Waals surface area (Å²) in [5.74, 6) is -0.450. The van der Waals surface area contributed by atoms with Crippen LogP contribution in [0.15, 0.2) is 59.0 Å². The Kier molecular flexibility index (Phi) is 8.21. The molecule has 0 bridgehead atoms. The topological polar surface area (TPSA) is 102 Å². The molecule has 36 heavy (non-hydrogen) atoms. The van der Waals surface area contributed by atoms with Crippen molar-refractivity contribution in [2.24, 2.45) is 11.8 Å². The Morgan fingerprint density at radius 3 is 2.47 bits per heavy atom. The number of carboxylic acid groups (broad SMARTS) is 1. The van der Waals surface area contributed by atoms with Crippen LogP contribution in [0.2, 0.25) is 0 Å². The van der Waals surface area contributed by atoms with E-state index in [1.165, 1.54) is 0 Å². The molecule has 2 unspecified atom stereocenters. The number of hydrogen-bond donors (Lipinski definition) is 2. The number of benzene rings is 2. The molecule has 1 amide bonds. The third-order valence-corrected chi connectivity index (χ3v) is 6.71. The number of carboxylic acids is 1. The Labute approximate surface area is 211 Å². The molecule has 3 aromatic rings. The summed E-state index contributed by atoms with van der Waals surface area (Å²) in [6, 6.07) is 17.0.